The van der Waals surface area contributed by atoms with Gasteiger partial charge in [0.1, 0.15) is 11.3 Å². The summed E-state index contributed by atoms with van der Waals surface area (Å²) in [6, 6.07) is 11.2. The third-order valence-corrected chi connectivity index (χ3v) is 3.99. The summed E-state index contributed by atoms with van der Waals surface area (Å²) in [6.07, 6.45) is 0. The van der Waals surface area contributed by atoms with E-state index < -0.39 is 5.91 Å². The van der Waals surface area contributed by atoms with Crippen molar-refractivity contribution in [2.45, 2.75) is 6.92 Å². The van der Waals surface area contributed by atoms with Gasteiger partial charge in [-0.05, 0) is 48.9 Å². The van der Waals surface area contributed by atoms with Crippen molar-refractivity contribution in [3.63, 3.8) is 0 Å². The Bertz CT molecular complexity index is 977. The predicted molar refractivity (Wildman–Crippen MR) is 93.2 cm³/mol. The minimum atomic E-state index is -0.508. The van der Waals surface area contributed by atoms with Gasteiger partial charge in [0.05, 0.1) is 12.5 Å². The first-order chi connectivity index (χ1) is 11.5. The molecule has 0 atom stereocenters. The summed E-state index contributed by atoms with van der Waals surface area (Å²) in [7, 11) is 1.56. The van der Waals surface area contributed by atoms with E-state index in [2.05, 4.69) is 5.32 Å². The highest BCUT2D eigenvalue weighted by atomic mass is 35.5. The largest absolute Gasteiger partial charge is 0.497 e. The highest BCUT2D eigenvalue weighted by molar-refractivity contribution is 6.32. The third kappa shape index (κ3) is 3.12. The molecule has 0 bridgehead atoms. The van der Waals surface area contributed by atoms with Crippen LogP contribution in [0.3, 0.4) is 0 Å². The van der Waals surface area contributed by atoms with Crippen molar-refractivity contribution in [2.24, 2.45) is 0 Å². The Morgan fingerprint density at radius 3 is 2.54 bits per heavy atom. The molecule has 0 spiro atoms. The lowest BCUT2D eigenvalue weighted by atomic mass is 10.1. The van der Waals surface area contributed by atoms with E-state index in [-0.39, 0.29) is 11.2 Å². The number of methoxy groups -OCH3 is 1. The molecule has 0 fully saturated rings. The Kier molecular flexibility index (Phi) is 4.27. The molecule has 0 aliphatic rings. The first-order valence-corrected chi connectivity index (χ1v) is 7.55. The summed E-state index contributed by atoms with van der Waals surface area (Å²) in [5, 5.41) is 3.49. The third-order valence-electron chi connectivity index (χ3n) is 3.58. The minimum absolute atomic E-state index is 0.0648. The highest BCUT2D eigenvalue weighted by Gasteiger charge is 2.14. The van der Waals surface area contributed by atoms with Crippen LogP contribution in [0.25, 0.3) is 11.0 Å². The molecule has 3 rings (SSSR count). The maximum absolute atomic E-state index is 12.3. The number of hydrogen-bond acceptors (Lipinski definition) is 4. The van der Waals surface area contributed by atoms with Crippen LogP contribution in [0.5, 0.6) is 5.75 Å². The van der Waals surface area contributed by atoms with Crippen molar-refractivity contribution in [1.29, 1.82) is 0 Å². The lowest BCUT2D eigenvalue weighted by Gasteiger charge is -2.07. The number of fused-ring (bicyclic) bond motifs is 1. The van der Waals surface area contributed by atoms with E-state index in [4.69, 9.17) is 20.8 Å². The molecule has 5 nitrogen and oxygen atoms in total. The second kappa shape index (κ2) is 6.37. The van der Waals surface area contributed by atoms with Crippen LogP contribution < -0.4 is 15.5 Å². The number of hydrogen-bond donors (Lipinski definition) is 1. The lowest BCUT2D eigenvalue weighted by Crippen LogP contribution is -2.15. The van der Waals surface area contributed by atoms with E-state index in [1.165, 1.54) is 0 Å². The fourth-order valence-corrected chi connectivity index (χ4v) is 2.42. The van der Waals surface area contributed by atoms with Gasteiger partial charge < -0.3 is 14.5 Å². The van der Waals surface area contributed by atoms with Gasteiger partial charge in [-0.15, -0.1) is 0 Å². The van der Waals surface area contributed by atoms with Gasteiger partial charge in [0.25, 0.3) is 5.91 Å². The molecular weight excluding hydrogens is 330 g/mol. The van der Waals surface area contributed by atoms with Crippen molar-refractivity contribution >= 4 is 34.2 Å². The molecule has 3 aromatic rings. The lowest BCUT2D eigenvalue weighted by molar-refractivity contribution is 0.0997. The normalized spacial score (nSPS) is 10.6. The van der Waals surface area contributed by atoms with Crippen LogP contribution in [0.2, 0.25) is 5.02 Å². The van der Waals surface area contributed by atoms with Crippen molar-refractivity contribution in [3.05, 3.63) is 69.0 Å². The van der Waals surface area contributed by atoms with Gasteiger partial charge >= 0.3 is 0 Å². The number of anilines is 1. The first kappa shape index (κ1) is 16.1. The van der Waals surface area contributed by atoms with Gasteiger partial charge in [-0.3, -0.25) is 9.59 Å². The summed E-state index contributed by atoms with van der Waals surface area (Å²) in [5.41, 5.74) is 1.33. The number of aryl methyl sites for hydroxylation is 1. The van der Waals surface area contributed by atoms with E-state index in [1.54, 1.807) is 50.4 Å². The van der Waals surface area contributed by atoms with E-state index >= 15 is 0 Å². The number of rotatable bonds is 3. The molecule has 0 saturated heterocycles. The Balaban J connectivity index is 1.94. The molecule has 6 heteroatoms. The summed E-state index contributed by atoms with van der Waals surface area (Å²) >= 11 is 6.02. The highest BCUT2D eigenvalue weighted by Crippen LogP contribution is 2.22. The van der Waals surface area contributed by atoms with Crippen LogP contribution in [0.1, 0.15) is 16.1 Å². The quantitative estimate of drug-likeness (QED) is 0.780. The molecule has 0 saturated carbocycles. The maximum atomic E-state index is 12.3. The van der Waals surface area contributed by atoms with Crippen molar-refractivity contribution in [2.75, 3.05) is 12.4 Å². The van der Waals surface area contributed by atoms with Crippen LogP contribution >= 0.6 is 11.6 Å². The standard InChI is InChI=1S/C18H14ClNO4/c1-10-7-16-13(8-14(10)19)15(21)9-17(24-16)18(22)20-11-3-5-12(23-2)6-4-11/h3-9H,1-2H3,(H,20,22). The Morgan fingerprint density at radius 1 is 1.17 bits per heavy atom. The molecule has 1 amide bonds. The van der Waals surface area contributed by atoms with Gasteiger partial charge in [-0.1, -0.05) is 11.6 Å². The van der Waals surface area contributed by atoms with Crippen LogP contribution in [-0.4, -0.2) is 13.0 Å². The predicted octanol–water partition coefficient (Wildman–Crippen LogP) is 4.02. The molecule has 2 aromatic carbocycles. The maximum Gasteiger partial charge on any atom is 0.291 e. The van der Waals surface area contributed by atoms with E-state index in [0.29, 0.717) is 27.4 Å². The molecule has 1 N–H and O–H groups in total. The van der Waals surface area contributed by atoms with E-state index in [9.17, 15) is 9.59 Å². The monoisotopic (exact) mass is 343 g/mol. The van der Waals surface area contributed by atoms with Crippen molar-refractivity contribution in [3.8, 4) is 5.75 Å². The fourth-order valence-electron chi connectivity index (χ4n) is 2.26. The SMILES string of the molecule is COc1ccc(NC(=O)c2cc(=O)c3cc(Cl)c(C)cc3o2)cc1. The summed E-state index contributed by atoms with van der Waals surface area (Å²) < 4.78 is 10.6. The van der Waals surface area contributed by atoms with Crippen molar-refractivity contribution < 1.29 is 13.9 Å². The average Bonchev–Trinajstić information content (AvgIpc) is 2.57. The van der Waals surface area contributed by atoms with Crippen LogP contribution in [0, 0.1) is 6.92 Å². The Morgan fingerprint density at radius 2 is 1.88 bits per heavy atom. The molecule has 0 aliphatic carbocycles. The zero-order valence-electron chi connectivity index (χ0n) is 13.1. The summed E-state index contributed by atoms with van der Waals surface area (Å²) in [5.74, 6) is 0.106. The second-order valence-corrected chi connectivity index (χ2v) is 5.66. The number of carbonyl (C=O) groups excluding carboxylic acids is 1. The Hall–Kier alpha value is -2.79. The second-order valence-electron chi connectivity index (χ2n) is 5.26. The zero-order chi connectivity index (χ0) is 17.3. The van der Waals surface area contributed by atoms with Gasteiger partial charge in [-0.25, -0.2) is 0 Å². The van der Waals surface area contributed by atoms with Crippen LogP contribution in [-0.2, 0) is 0 Å². The summed E-state index contributed by atoms with van der Waals surface area (Å²) in [4.78, 5) is 24.5. The number of halogens is 1. The average molecular weight is 344 g/mol. The number of ether oxygens (including phenoxy) is 1. The number of nitrogens with one attached hydrogen (secondary N) is 1. The van der Waals surface area contributed by atoms with E-state index in [1.807, 2.05) is 0 Å². The zero-order valence-corrected chi connectivity index (χ0v) is 13.8. The van der Waals surface area contributed by atoms with Gasteiger partial charge in [-0.2, -0.15) is 0 Å². The fraction of sp³-hybridized carbons (Fsp3) is 0.111. The van der Waals surface area contributed by atoms with Gasteiger partial charge in [0.15, 0.2) is 11.2 Å². The number of carbonyl (C=O) groups is 1. The topological polar surface area (TPSA) is 68.5 Å². The van der Waals surface area contributed by atoms with Gasteiger partial charge in [0.2, 0.25) is 0 Å². The molecule has 0 aliphatic heterocycles. The van der Waals surface area contributed by atoms with Crippen LogP contribution in [0.15, 0.2) is 51.7 Å². The molecular formula is C18H14ClNO4. The number of amides is 1. The minimum Gasteiger partial charge on any atom is -0.497 e. The molecule has 0 unspecified atom stereocenters. The van der Waals surface area contributed by atoms with Gasteiger partial charge in [0, 0.05) is 16.8 Å². The Labute approximate surface area is 142 Å². The molecule has 0 radical (unpaired) electrons. The first-order valence-electron chi connectivity index (χ1n) is 7.17. The molecule has 1 aromatic heterocycles. The number of benzene rings is 2. The molecule has 122 valence electrons. The molecule has 24 heavy (non-hydrogen) atoms. The van der Waals surface area contributed by atoms with E-state index in [0.717, 1.165) is 11.6 Å². The summed E-state index contributed by atoms with van der Waals surface area (Å²) in [6.45, 7) is 1.80. The van der Waals surface area contributed by atoms with Crippen molar-refractivity contribution in [1.82, 2.24) is 0 Å². The van der Waals surface area contributed by atoms with Crippen LogP contribution in [0.4, 0.5) is 5.69 Å². The molecule has 1 heterocycles. The smallest absolute Gasteiger partial charge is 0.291 e.